The summed E-state index contributed by atoms with van der Waals surface area (Å²) in [6, 6.07) is 0.0208. The van der Waals surface area contributed by atoms with Crippen molar-refractivity contribution in [2.24, 2.45) is 0 Å². The van der Waals surface area contributed by atoms with Gasteiger partial charge in [-0.05, 0) is 38.2 Å². The number of amides is 1. The Labute approximate surface area is 144 Å². The number of thioether (sulfide) groups is 1. The largest absolute Gasteiger partial charge is 0.383 e. The third kappa shape index (κ3) is 3.84. The first-order chi connectivity index (χ1) is 11.2. The first-order valence-corrected chi connectivity index (χ1v) is 9.65. The molecule has 0 saturated carbocycles. The Balaban J connectivity index is 1.73. The monoisotopic (exact) mass is 351 g/mol. The highest BCUT2D eigenvalue weighted by Crippen LogP contribution is 2.39. The molecule has 2 aromatic rings. The van der Waals surface area contributed by atoms with Crippen molar-refractivity contribution in [3.05, 3.63) is 16.8 Å². The van der Waals surface area contributed by atoms with Crippen LogP contribution in [0.25, 0.3) is 10.2 Å². The van der Waals surface area contributed by atoms with Crippen LogP contribution in [0.3, 0.4) is 0 Å². The number of methoxy groups -OCH3 is 1. The predicted octanol–water partition coefficient (Wildman–Crippen LogP) is 2.81. The second-order valence-corrected chi connectivity index (χ2v) is 7.83. The Hall–Kier alpha value is -1.18. The molecule has 0 bridgehead atoms. The van der Waals surface area contributed by atoms with Crippen molar-refractivity contribution >= 4 is 39.2 Å². The minimum Gasteiger partial charge on any atom is -0.383 e. The normalized spacial score (nSPS) is 15.4. The maximum atomic E-state index is 12.0. The predicted molar refractivity (Wildman–Crippen MR) is 94.3 cm³/mol. The van der Waals surface area contributed by atoms with E-state index >= 15 is 0 Å². The van der Waals surface area contributed by atoms with E-state index in [-0.39, 0.29) is 11.9 Å². The number of aryl methyl sites for hydroxylation is 2. The minimum atomic E-state index is 0.00964. The zero-order chi connectivity index (χ0) is 16.2. The maximum absolute atomic E-state index is 12.0. The van der Waals surface area contributed by atoms with Crippen molar-refractivity contribution in [1.29, 1.82) is 0 Å². The number of nitrogens with one attached hydrogen (secondary N) is 1. The number of ether oxygens (including phenoxy) is 1. The molecule has 0 spiro atoms. The fourth-order valence-electron chi connectivity index (χ4n) is 2.91. The lowest BCUT2D eigenvalue weighted by atomic mass is 9.97. The van der Waals surface area contributed by atoms with Crippen LogP contribution in [-0.4, -0.2) is 41.4 Å². The molecule has 1 N–H and O–H groups in total. The lowest BCUT2D eigenvalue weighted by Gasteiger charge is -2.13. The zero-order valence-electron chi connectivity index (χ0n) is 13.4. The fraction of sp³-hybridized carbons (Fsp3) is 0.562. The van der Waals surface area contributed by atoms with Crippen LogP contribution in [0, 0.1) is 0 Å². The summed E-state index contributed by atoms with van der Waals surface area (Å²) in [5.74, 6) is 0.375. The standard InChI is InChI=1S/C16H21N3O2S2/c1-10(7-21-2)19-13(20)8-22-15-14-11-5-3-4-6-12(11)23-16(14)18-9-17-15/h9-10H,3-8H2,1-2H3,(H,19,20). The quantitative estimate of drug-likeness (QED) is 0.640. The van der Waals surface area contributed by atoms with Gasteiger partial charge in [0.25, 0.3) is 0 Å². The first kappa shape index (κ1) is 16.7. The highest BCUT2D eigenvalue weighted by molar-refractivity contribution is 8.00. The number of thiophene rings is 1. The van der Waals surface area contributed by atoms with Crippen molar-refractivity contribution in [2.75, 3.05) is 19.5 Å². The van der Waals surface area contributed by atoms with Gasteiger partial charge >= 0.3 is 0 Å². The summed E-state index contributed by atoms with van der Waals surface area (Å²) in [5.41, 5.74) is 1.41. The molecule has 124 valence electrons. The summed E-state index contributed by atoms with van der Waals surface area (Å²) < 4.78 is 5.04. The number of hydrogen-bond donors (Lipinski definition) is 1. The van der Waals surface area contributed by atoms with Crippen LogP contribution in [0.15, 0.2) is 11.4 Å². The SMILES string of the molecule is COCC(C)NC(=O)CSc1ncnc2sc3c(c12)CCCC3. The van der Waals surface area contributed by atoms with Crippen LogP contribution in [0.2, 0.25) is 0 Å². The summed E-state index contributed by atoms with van der Waals surface area (Å²) in [6.45, 7) is 2.45. The molecule has 7 heteroatoms. The smallest absolute Gasteiger partial charge is 0.230 e. The van der Waals surface area contributed by atoms with Gasteiger partial charge in [-0.2, -0.15) is 0 Å². The van der Waals surface area contributed by atoms with Crippen LogP contribution < -0.4 is 5.32 Å². The van der Waals surface area contributed by atoms with Gasteiger partial charge in [0.2, 0.25) is 5.91 Å². The second-order valence-electron chi connectivity index (χ2n) is 5.78. The van der Waals surface area contributed by atoms with Gasteiger partial charge in [-0.25, -0.2) is 9.97 Å². The highest BCUT2D eigenvalue weighted by atomic mass is 32.2. The van der Waals surface area contributed by atoms with Gasteiger partial charge in [0.15, 0.2) is 0 Å². The van der Waals surface area contributed by atoms with Crippen molar-refractivity contribution in [3.63, 3.8) is 0 Å². The summed E-state index contributed by atoms with van der Waals surface area (Å²) >= 11 is 3.28. The number of fused-ring (bicyclic) bond motifs is 3. The van der Waals surface area contributed by atoms with E-state index in [1.165, 1.54) is 40.4 Å². The van der Waals surface area contributed by atoms with E-state index in [9.17, 15) is 4.79 Å². The van der Waals surface area contributed by atoms with Crippen molar-refractivity contribution < 1.29 is 9.53 Å². The molecule has 5 nitrogen and oxygen atoms in total. The molecule has 1 amide bonds. The van der Waals surface area contributed by atoms with Gasteiger partial charge in [0.05, 0.1) is 12.4 Å². The Morgan fingerprint density at radius 2 is 2.26 bits per heavy atom. The number of hydrogen-bond acceptors (Lipinski definition) is 6. The molecule has 0 saturated heterocycles. The second kappa shape index (κ2) is 7.59. The molecule has 1 atom stereocenters. The molecule has 1 aliphatic carbocycles. The molecule has 1 unspecified atom stereocenters. The number of aromatic nitrogens is 2. The van der Waals surface area contributed by atoms with Gasteiger partial charge in [0, 0.05) is 23.4 Å². The molecule has 1 aliphatic rings. The molecular formula is C16H21N3O2S2. The minimum absolute atomic E-state index is 0.00964. The van der Waals surface area contributed by atoms with Crippen LogP contribution in [0.5, 0.6) is 0 Å². The number of rotatable bonds is 6. The fourth-order valence-corrected chi connectivity index (χ4v) is 5.04. The van der Waals surface area contributed by atoms with Crippen LogP contribution in [0.1, 0.15) is 30.2 Å². The number of carbonyl (C=O) groups is 1. The van der Waals surface area contributed by atoms with Gasteiger partial charge < -0.3 is 10.1 Å². The molecule has 0 fully saturated rings. The van der Waals surface area contributed by atoms with E-state index in [1.54, 1.807) is 24.8 Å². The Morgan fingerprint density at radius 1 is 1.43 bits per heavy atom. The third-order valence-electron chi connectivity index (χ3n) is 3.88. The van der Waals surface area contributed by atoms with Gasteiger partial charge in [-0.3, -0.25) is 4.79 Å². The first-order valence-electron chi connectivity index (χ1n) is 7.85. The van der Waals surface area contributed by atoms with Crippen LogP contribution >= 0.6 is 23.1 Å². The van der Waals surface area contributed by atoms with E-state index in [2.05, 4.69) is 15.3 Å². The average Bonchev–Trinajstić information content (AvgIpc) is 2.92. The Bertz CT molecular complexity index is 702. The topological polar surface area (TPSA) is 64.1 Å². The van der Waals surface area contributed by atoms with E-state index in [4.69, 9.17) is 4.74 Å². The summed E-state index contributed by atoms with van der Waals surface area (Å²) in [6.07, 6.45) is 6.35. The van der Waals surface area contributed by atoms with Gasteiger partial charge in [-0.15, -0.1) is 11.3 Å². The molecule has 23 heavy (non-hydrogen) atoms. The molecule has 0 radical (unpaired) electrons. The van der Waals surface area contributed by atoms with Gasteiger partial charge in [0.1, 0.15) is 16.2 Å². The third-order valence-corrected chi connectivity index (χ3v) is 6.07. The molecule has 3 rings (SSSR count). The molecule has 2 aromatic heterocycles. The van der Waals surface area contributed by atoms with Crippen molar-refractivity contribution in [2.45, 2.75) is 43.7 Å². The molecule has 2 heterocycles. The molecular weight excluding hydrogens is 330 g/mol. The average molecular weight is 351 g/mol. The van der Waals surface area contributed by atoms with Gasteiger partial charge in [-0.1, -0.05) is 11.8 Å². The van der Waals surface area contributed by atoms with E-state index < -0.39 is 0 Å². The zero-order valence-corrected chi connectivity index (χ0v) is 15.1. The highest BCUT2D eigenvalue weighted by Gasteiger charge is 2.20. The van der Waals surface area contributed by atoms with Crippen molar-refractivity contribution in [1.82, 2.24) is 15.3 Å². The molecule has 0 aromatic carbocycles. The molecule has 0 aliphatic heterocycles. The summed E-state index contributed by atoms with van der Waals surface area (Å²) in [5, 5.41) is 5.04. The number of carbonyl (C=O) groups excluding carboxylic acids is 1. The van der Waals surface area contributed by atoms with Crippen molar-refractivity contribution in [3.8, 4) is 0 Å². The summed E-state index contributed by atoms with van der Waals surface area (Å²) in [7, 11) is 1.63. The Morgan fingerprint density at radius 3 is 3.09 bits per heavy atom. The Kier molecular flexibility index (Phi) is 5.50. The van der Waals surface area contributed by atoms with Crippen LogP contribution in [0.4, 0.5) is 0 Å². The lowest BCUT2D eigenvalue weighted by molar-refractivity contribution is -0.119. The van der Waals surface area contributed by atoms with Crippen LogP contribution in [-0.2, 0) is 22.4 Å². The number of nitrogens with zero attached hydrogens (tertiary/aromatic N) is 2. The van der Waals surface area contributed by atoms with E-state index in [1.807, 2.05) is 6.92 Å². The van der Waals surface area contributed by atoms with E-state index in [0.717, 1.165) is 22.7 Å². The maximum Gasteiger partial charge on any atom is 0.230 e. The summed E-state index contributed by atoms with van der Waals surface area (Å²) in [4.78, 5) is 23.4. The lowest BCUT2D eigenvalue weighted by Crippen LogP contribution is -2.36. The van der Waals surface area contributed by atoms with E-state index in [0.29, 0.717) is 12.4 Å².